The lowest BCUT2D eigenvalue weighted by atomic mass is 10.2. The Labute approximate surface area is 120 Å². The van der Waals surface area contributed by atoms with Gasteiger partial charge in [0.2, 0.25) is 0 Å². The molecule has 0 N–H and O–H groups in total. The zero-order valence-corrected chi connectivity index (χ0v) is 11.5. The Morgan fingerprint density at radius 2 is 2.30 bits per heavy atom. The number of benzene rings is 1. The van der Waals surface area contributed by atoms with Crippen molar-refractivity contribution in [3.8, 4) is 6.07 Å². The zero-order valence-electron chi connectivity index (χ0n) is 10.7. The van der Waals surface area contributed by atoms with Gasteiger partial charge in [-0.3, -0.25) is 0 Å². The standard InChI is InChI=1S/C14H11ClN4O/c1-9(15)14-17-12-3-2-10(7-16)6-13(12)19(14)8-11-4-5-20-18-11/h2-6,9H,8H2,1H3. The van der Waals surface area contributed by atoms with E-state index in [1.54, 1.807) is 12.1 Å². The second kappa shape index (κ2) is 4.99. The second-order valence-electron chi connectivity index (χ2n) is 4.48. The molecule has 100 valence electrons. The van der Waals surface area contributed by atoms with Crippen LogP contribution in [0, 0.1) is 11.3 Å². The van der Waals surface area contributed by atoms with Crippen molar-refractivity contribution in [2.45, 2.75) is 18.8 Å². The number of imidazole rings is 1. The molecule has 0 aliphatic rings. The molecule has 0 aliphatic carbocycles. The maximum Gasteiger partial charge on any atom is 0.128 e. The van der Waals surface area contributed by atoms with Gasteiger partial charge in [-0.1, -0.05) is 5.16 Å². The first-order chi connectivity index (χ1) is 9.69. The van der Waals surface area contributed by atoms with Gasteiger partial charge in [0.1, 0.15) is 17.8 Å². The normalized spacial score (nSPS) is 12.4. The van der Waals surface area contributed by atoms with Crippen molar-refractivity contribution in [2.24, 2.45) is 0 Å². The predicted octanol–water partition coefficient (Wildman–Crippen LogP) is 3.24. The molecule has 0 spiro atoms. The molecule has 5 nitrogen and oxygen atoms in total. The number of aromatic nitrogens is 3. The maximum atomic E-state index is 9.03. The lowest BCUT2D eigenvalue weighted by Gasteiger charge is -2.08. The third-order valence-electron chi connectivity index (χ3n) is 3.07. The van der Waals surface area contributed by atoms with Gasteiger partial charge < -0.3 is 9.09 Å². The summed E-state index contributed by atoms with van der Waals surface area (Å²) in [4.78, 5) is 4.53. The molecule has 0 amide bonds. The minimum absolute atomic E-state index is 0.236. The van der Waals surface area contributed by atoms with Crippen LogP contribution in [0.3, 0.4) is 0 Å². The Morgan fingerprint density at radius 3 is 2.95 bits per heavy atom. The molecule has 6 heteroatoms. The first-order valence-corrected chi connectivity index (χ1v) is 6.56. The quantitative estimate of drug-likeness (QED) is 0.693. The summed E-state index contributed by atoms with van der Waals surface area (Å²) in [5.74, 6) is 0.750. The Hall–Kier alpha value is -2.32. The summed E-state index contributed by atoms with van der Waals surface area (Å²) in [6.07, 6.45) is 1.53. The van der Waals surface area contributed by atoms with E-state index in [1.165, 1.54) is 6.26 Å². The Kier molecular flexibility index (Phi) is 3.17. The van der Waals surface area contributed by atoms with Crippen LogP contribution in [0.2, 0.25) is 0 Å². The molecule has 3 aromatic rings. The van der Waals surface area contributed by atoms with E-state index < -0.39 is 0 Å². The van der Waals surface area contributed by atoms with Crippen LogP contribution in [-0.2, 0) is 6.54 Å². The summed E-state index contributed by atoms with van der Waals surface area (Å²) >= 11 is 6.20. The average Bonchev–Trinajstić information content (AvgIpc) is 3.07. The number of hydrogen-bond donors (Lipinski definition) is 0. The third kappa shape index (κ3) is 2.15. The summed E-state index contributed by atoms with van der Waals surface area (Å²) in [5.41, 5.74) is 3.06. The molecule has 0 saturated heterocycles. The van der Waals surface area contributed by atoms with Crippen molar-refractivity contribution < 1.29 is 4.52 Å². The SMILES string of the molecule is CC(Cl)c1nc2ccc(C#N)cc2n1Cc1ccon1. The van der Waals surface area contributed by atoms with Gasteiger partial charge in [-0.2, -0.15) is 5.26 Å². The van der Waals surface area contributed by atoms with E-state index in [4.69, 9.17) is 21.4 Å². The van der Waals surface area contributed by atoms with Gasteiger partial charge in [-0.05, 0) is 25.1 Å². The van der Waals surface area contributed by atoms with Crippen molar-refractivity contribution in [1.82, 2.24) is 14.7 Å². The lowest BCUT2D eigenvalue weighted by molar-refractivity contribution is 0.409. The zero-order chi connectivity index (χ0) is 14.1. The van der Waals surface area contributed by atoms with Crippen LogP contribution in [0.4, 0.5) is 0 Å². The van der Waals surface area contributed by atoms with Crippen molar-refractivity contribution in [3.05, 3.63) is 47.6 Å². The molecular formula is C14H11ClN4O. The van der Waals surface area contributed by atoms with Crippen LogP contribution < -0.4 is 0 Å². The molecule has 3 rings (SSSR count). The molecule has 0 radical (unpaired) electrons. The highest BCUT2D eigenvalue weighted by Crippen LogP contribution is 2.26. The smallest absolute Gasteiger partial charge is 0.128 e. The first-order valence-electron chi connectivity index (χ1n) is 6.12. The summed E-state index contributed by atoms with van der Waals surface area (Å²) < 4.78 is 6.82. The highest BCUT2D eigenvalue weighted by molar-refractivity contribution is 6.20. The van der Waals surface area contributed by atoms with E-state index >= 15 is 0 Å². The van der Waals surface area contributed by atoms with Crippen LogP contribution in [0.25, 0.3) is 11.0 Å². The van der Waals surface area contributed by atoms with Crippen molar-refractivity contribution in [2.75, 3.05) is 0 Å². The van der Waals surface area contributed by atoms with E-state index in [0.717, 1.165) is 22.6 Å². The minimum atomic E-state index is -0.236. The summed E-state index contributed by atoms with van der Waals surface area (Å²) in [6.45, 7) is 2.38. The molecular weight excluding hydrogens is 276 g/mol. The fraction of sp³-hybridized carbons (Fsp3) is 0.214. The van der Waals surface area contributed by atoms with Crippen molar-refractivity contribution >= 4 is 22.6 Å². The van der Waals surface area contributed by atoms with Crippen molar-refractivity contribution in [1.29, 1.82) is 5.26 Å². The molecule has 2 aromatic heterocycles. The van der Waals surface area contributed by atoms with E-state index in [0.29, 0.717) is 12.1 Å². The summed E-state index contributed by atoms with van der Waals surface area (Å²) in [6, 6.07) is 9.32. The Morgan fingerprint density at radius 1 is 1.45 bits per heavy atom. The van der Waals surface area contributed by atoms with Gasteiger partial charge in [0, 0.05) is 6.07 Å². The topological polar surface area (TPSA) is 67.6 Å². The van der Waals surface area contributed by atoms with Crippen LogP contribution >= 0.6 is 11.6 Å². The second-order valence-corrected chi connectivity index (χ2v) is 5.13. The fourth-order valence-electron chi connectivity index (χ4n) is 2.16. The molecule has 0 saturated carbocycles. The van der Waals surface area contributed by atoms with Crippen LogP contribution in [-0.4, -0.2) is 14.7 Å². The number of nitriles is 1. The molecule has 0 fully saturated rings. The first kappa shape index (κ1) is 12.7. The largest absolute Gasteiger partial charge is 0.364 e. The maximum absolute atomic E-state index is 9.03. The molecule has 20 heavy (non-hydrogen) atoms. The van der Waals surface area contributed by atoms with Gasteiger partial charge in [-0.15, -0.1) is 11.6 Å². The van der Waals surface area contributed by atoms with E-state index in [9.17, 15) is 0 Å². The van der Waals surface area contributed by atoms with Gasteiger partial charge in [0.15, 0.2) is 0 Å². The van der Waals surface area contributed by atoms with Crippen LogP contribution in [0.15, 0.2) is 35.1 Å². The number of rotatable bonds is 3. The molecule has 2 heterocycles. The predicted molar refractivity (Wildman–Crippen MR) is 74.3 cm³/mol. The number of halogens is 1. The van der Waals surface area contributed by atoms with Gasteiger partial charge in [0.25, 0.3) is 0 Å². The number of hydrogen-bond acceptors (Lipinski definition) is 4. The van der Waals surface area contributed by atoms with Crippen LogP contribution in [0.5, 0.6) is 0 Å². The summed E-state index contributed by atoms with van der Waals surface area (Å²) in [5, 5.41) is 12.7. The summed E-state index contributed by atoms with van der Waals surface area (Å²) in [7, 11) is 0. The van der Waals surface area contributed by atoms with E-state index in [2.05, 4.69) is 16.2 Å². The minimum Gasteiger partial charge on any atom is -0.364 e. The van der Waals surface area contributed by atoms with Crippen LogP contribution in [0.1, 0.15) is 29.4 Å². The monoisotopic (exact) mass is 286 g/mol. The van der Waals surface area contributed by atoms with Gasteiger partial charge in [-0.25, -0.2) is 4.98 Å². The van der Waals surface area contributed by atoms with E-state index in [-0.39, 0.29) is 5.38 Å². The highest BCUT2D eigenvalue weighted by atomic mass is 35.5. The molecule has 0 aliphatic heterocycles. The fourth-order valence-corrected chi connectivity index (χ4v) is 2.33. The number of alkyl halides is 1. The highest BCUT2D eigenvalue weighted by Gasteiger charge is 2.16. The van der Waals surface area contributed by atoms with Gasteiger partial charge >= 0.3 is 0 Å². The molecule has 0 bridgehead atoms. The molecule has 1 atom stereocenters. The number of fused-ring (bicyclic) bond motifs is 1. The molecule has 1 unspecified atom stereocenters. The van der Waals surface area contributed by atoms with E-state index in [1.807, 2.05) is 23.6 Å². The van der Waals surface area contributed by atoms with Crippen molar-refractivity contribution in [3.63, 3.8) is 0 Å². The Balaban J connectivity index is 2.19. The lowest BCUT2D eigenvalue weighted by Crippen LogP contribution is -2.06. The van der Waals surface area contributed by atoms with Gasteiger partial charge in [0.05, 0.1) is 34.6 Å². The third-order valence-corrected chi connectivity index (χ3v) is 3.27. The number of nitrogens with zero attached hydrogens (tertiary/aromatic N) is 4. The molecule has 1 aromatic carbocycles. The average molecular weight is 287 g/mol. The Bertz CT molecular complexity index is 783.